The van der Waals surface area contributed by atoms with Gasteiger partial charge in [-0.05, 0) is 6.42 Å². The van der Waals surface area contributed by atoms with Gasteiger partial charge in [-0.1, -0.05) is 6.92 Å². The van der Waals surface area contributed by atoms with Crippen LogP contribution < -0.4 is 0 Å². The highest BCUT2D eigenvalue weighted by molar-refractivity contribution is 7.52. The van der Waals surface area contributed by atoms with E-state index < -0.39 is 19.6 Å². The average molecular weight is 172 g/mol. The van der Waals surface area contributed by atoms with Gasteiger partial charge in [0.25, 0.3) is 0 Å². The van der Waals surface area contributed by atoms with Crippen molar-refractivity contribution < 1.29 is 23.8 Å². The highest BCUT2D eigenvalue weighted by Gasteiger charge is 2.34. The van der Waals surface area contributed by atoms with Crippen LogP contribution >= 0.6 is 7.60 Å². The number of aliphatic hydroxyl groups excluding tert-OH is 1. The predicted octanol–water partition coefficient (Wildman–Crippen LogP) is 0.231. The Morgan fingerprint density at radius 3 is 2.10 bits per heavy atom. The van der Waals surface area contributed by atoms with E-state index in [9.17, 15) is 8.96 Å². The lowest BCUT2D eigenvalue weighted by molar-refractivity contribution is 0.0994. The molecule has 0 spiro atoms. The molecule has 0 bridgehead atoms. The summed E-state index contributed by atoms with van der Waals surface area (Å²) in [6.45, 7) is 1.44. The fourth-order valence-electron chi connectivity index (χ4n) is 0.419. The molecule has 2 atom stereocenters. The zero-order valence-electron chi connectivity index (χ0n) is 5.44. The van der Waals surface area contributed by atoms with Crippen LogP contribution in [0.1, 0.15) is 13.3 Å². The third-order valence-electron chi connectivity index (χ3n) is 1.06. The van der Waals surface area contributed by atoms with Gasteiger partial charge in [0.1, 0.15) is 0 Å². The molecule has 0 saturated carbocycles. The number of hydrogen-bond donors (Lipinski definition) is 3. The van der Waals surface area contributed by atoms with Gasteiger partial charge >= 0.3 is 7.60 Å². The largest absolute Gasteiger partial charge is 0.389 e. The first-order valence-electron chi connectivity index (χ1n) is 2.77. The number of hydrogen-bond acceptors (Lipinski definition) is 2. The van der Waals surface area contributed by atoms with E-state index in [1.54, 1.807) is 0 Å². The van der Waals surface area contributed by atoms with Crippen molar-refractivity contribution in [3.05, 3.63) is 0 Å². The molecule has 3 N–H and O–H groups in total. The SMILES string of the molecule is CCC(O)C(F)P(=O)(O)O. The Balaban J connectivity index is 4.08. The maximum atomic E-state index is 12.3. The third kappa shape index (κ3) is 2.75. The van der Waals surface area contributed by atoms with Gasteiger partial charge in [0.15, 0.2) is 0 Å². The molecule has 0 aromatic carbocycles. The molecule has 4 nitrogen and oxygen atoms in total. The standard InChI is InChI=1S/C4H10FO4P/c1-2-3(6)4(5)10(7,8)9/h3-4,6H,2H2,1H3,(H2,7,8,9). The number of alkyl halides is 1. The van der Waals surface area contributed by atoms with E-state index in [2.05, 4.69) is 0 Å². The Labute approximate surface area is 57.8 Å². The van der Waals surface area contributed by atoms with Gasteiger partial charge in [-0.15, -0.1) is 0 Å². The summed E-state index contributed by atoms with van der Waals surface area (Å²) >= 11 is 0. The summed E-state index contributed by atoms with van der Waals surface area (Å²) in [7, 11) is -4.75. The summed E-state index contributed by atoms with van der Waals surface area (Å²) in [5.74, 6) is -2.45. The zero-order valence-corrected chi connectivity index (χ0v) is 6.33. The summed E-state index contributed by atoms with van der Waals surface area (Å²) in [4.78, 5) is 16.3. The molecule has 0 aliphatic rings. The molecule has 10 heavy (non-hydrogen) atoms. The second-order valence-corrected chi connectivity index (χ2v) is 3.61. The van der Waals surface area contributed by atoms with Crippen LogP contribution in [0.3, 0.4) is 0 Å². The molecule has 0 rings (SSSR count). The predicted molar refractivity (Wildman–Crippen MR) is 33.2 cm³/mol. The Hall–Kier alpha value is 0.0400. The molecule has 6 heteroatoms. The molecule has 0 amide bonds. The van der Waals surface area contributed by atoms with Crippen molar-refractivity contribution in [1.82, 2.24) is 0 Å². The van der Waals surface area contributed by atoms with Gasteiger partial charge in [-0.2, -0.15) is 0 Å². The Morgan fingerprint density at radius 2 is 2.00 bits per heavy atom. The summed E-state index contributed by atoms with van der Waals surface area (Å²) < 4.78 is 22.4. The molecule has 0 aliphatic carbocycles. The lowest BCUT2D eigenvalue weighted by Crippen LogP contribution is -2.20. The van der Waals surface area contributed by atoms with E-state index in [0.29, 0.717) is 0 Å². The number of aliphatic hydroxyl groups is 1. The quantitative estimate of drug-likeness (QED) is 0.532. The van der Waals surface area contributed by atoms with Crippen molar-refractivity contribution in [2.75, 3.05) is 0 Å². The first-order valence-corrected chi connectivity index (χ1v) is 4.45. The van der Waals surface area contributed by atoms with E-state index in [4.69, 9.17) is 14.9 Å². The maximum absolute atomic E-state index is 12.3. The second kappa shape index (κ2) is 3.44. The van der Waals surface area contributed by atoms with Crippen LogP contribution in [-0.2, 0) is 4.57 Å². The van der Waals surface area contributed by atoms with Gasteiger partial charge in [0.2, 0.25) is 5.91 Å². The Kier molecular flexibility index (Phi) is 3.45. The fraction of sp³-hybridized carbons (Fsp3) is 1.00. The monoisotopic (exact) mass is 172 g/mol. The van der Waals surface area contributed by atoms with Crippen LogP contribution in [0.5, 0.6) is 0 Å². The van der Waals surface area contributed by atoms with E-state index >= 15 is 0 Å². The lowest BCUT2D eigenvalue weighted by Gasteiger charge is -2.14. The molecule has 0 saturated heterocycles. The Morgan fingerprint density at radius 1 is 1.60 bits per heavy atom. The molecule has 0 radical (unpaired) electrons. The molecular weight excluding hydrogens is 162 g/mol. The van der Waals surface area contributed by atoms with Crippen molar-refractivity contribution in [2.24, 2.45) is 0 Å². The minimum atomic E-state index is -4.75. The number of rotatable bonds is 3. The van der Waals surface area contributed by atoms with Crippen molar-refractivity contribution in [2.45, 2.75) is 25.4 Å². The van der Waals surface area contributed by atoms with Gasteiger partial charge in [-0.3, -0.25) is 4.57 Å². The third-order valence-corrected chi connectivity index (χ3v) is 2.04. The highest BCUT2D eigenvalue weighted by atomic mass is 31.2. The van der Waals surface area contributed by atoms with Crippen LogP contribution in [-0.4, -0.2) is 26.9 Å². The van der Waals surface area contributed by atoms with E-state index in [-0.39, 0.29) is 6.42 Å². The van der Waals surface area contributed by atoms with Crippen LogP contribution in [0.15, 0.2) is 0 Å². The zero-order chi connectivity index (χ0) is 8.36. The minimum absolute atomic E-state index is 0.00766. The highest BCUT2D eigenvalue weighted by Crippen LogP contribution is 2.44. The normalized spacial score (nSPS) is 18.5. The average Bonchev–Trinajstić information content (AvgIpc) is 1.83. The molecular formula is C4H10FO4P. The minimum Gasteiger partial charge on any atom is -0.389 e. The lowest BCUT2D eigenvalue weighted by atomic mass is 10.3. The molecule has 0 heterocycles. The van der Waals surface area contributed by atoms with Crippen LogP contribution in [0.2, 0.25) is 0 Å². The first-order chi connectivity index (χ1) is 4.39. The summed E-state index contributed by atoms with van der Waals surface area (Å²) in [5, 5.41) is 8.59. The van der Waals surface area contributed by atoms with Crippen LogP contribution in [0, 0.1) is 0 Å². The maximum Gasteiger partial charge on any atom is 0.362 e. The van der Waals surface area contributed by atoms with Gasteiger partial charge in [-0.25, -0.2) is 4.39 Å². The summed E-state index contributed by atoms with van der Waals surface area (Å²) in [6, 6.07) is 0. The molecule has 0 aromatic rings. The smallest absolute Gasteiger partial charge is 0.362 e. The van der Waals surface area contributed by atoms with E-state index in [1.165, 1.54) is 6.92 Å². The molecule has 0 aliphatic heterocycles. The second-order valence-electron chi connectivity index (χ2n) is 1.94. The van der Waals surface area contributed by atoms with Crippen LogP contribution in [0.4, 0.5) is 4.39 Å². The van der Waals surface area contributed by atoms with Crippen molar-refractivity contribution in [3.63, 3.8) is 0 Å². The topological polar surface area (TPSA) is 77.8 Å². The first kappa shape index (κ1) is 10.0. The fourth-order valence-corrected chi connectivity index (χ4v) is 1.08. The van der Waals surface area contributed by atoms with Gasteiger partial charge < -0.3 is 14.9 Å². The molecule has 62 valence electrons. The Bertz CT molecular complexity index is 144. The van der Waals surface area contributed by atoms with Gasteiger partial charge in [0.05, 0.1) is 6.10 Å². The molecule has 0 aromatic heterocycles. The van der Waals surface area contributed by atoms with Crippen molar-refractivity contribution in [3.8, 4) is 0 Å². The van der Waals surface area contributed by atoms with Crippen molar-refractivity contribution >= 4 is 7.60 Å². The number of halogens is 1. The summed E-state index contributed by atoms with van der Waals surface area (Å²) in [6.07, 6.45) is -1.58. The van der Waals surface area contributed by atoms with E-state index in [0.717, 1.165) is 0 Å². The van der Waals surface area contributed by atoms with E-state index in [1.807, 2.05) is 0 Å². The van der Waals surface area contributed by atoms with Crippen LogP contribution in [0.25, 0.3) is 0 Å². The van der Waals surface area contributed by atoms with Gasteiger partial charge in [0, 0.05) is 0 Å². The van der Waals surface area contributed by atoms with Crippen molar-refractivity contribution in [1.29, 1.82) is 0 Å². The molecule has 0 fully saturated rings. The molecule has 2 unspecified atom stereocenters. The summed E-state index contributed by atoms with van der Waals surface area (Å²) in [5.41, 5.74) is 0.